The van der Waals surface area contributed by atoms with E-state index in [9.17, 15) is 4.79 Å². The minimum atomic E-state index is -0.371. The first kappa shape index (κ1) is 12.4. The second-order valence-electron chi connectivity index (χ2n) is 3.05. The van der Waals surface area contributed by atoms with Gasteiger partial charge in [-0.15, -0.1) is 0 Å². The minimum absolute atomic E-state index is 0.371. The molecule has 0 aliphatic heterocycles. The maximum atomic E-state index is 10.7. The molecular weight excluding hydrogens is 206 g/mol. The molecule has 0 bridgehead atoms. The zero-order valence-corrected chi connectivity index (χ0v) is 9.18. The van der Waals surface area contributed by atoms with Crippen molar-refractivity contribution in [1.82, 2.24) is 5.48 Å². The Morgan fingerprint density at radius 3 is 2.81 bits per heavy atom. The molecule has 4 heteroatoms. The summed E-state index contributed by atoms with van der Waals surface area (Å²) in [6.45, 7) is 0.953. The smallest absolute Gasteiger partial charge is 0.330 e. The summed E-state index contributed by atoms with van der Waals surface area (Å²) in [7, 11) is 1.34. The normalized spacial score (nSPS) is 10.6. The van der Waals surface area contributed by atoms with E-state index in [2.05, 4.69) is 10.2 Å². The van der Waals surface area contributed by atoms with Crippen LogP contribution in [-0.2, 0) is 21.0 Å². The van der Waals surface area contributed by atoms with Crippen LogP contribution in [0, 0.1) is 0 Å². The molecule has 0 radical (unpaired) electrons. The van der Waals surface area contributed by atoms with Gasteiger partial charge in [0.15, 0.2) is 0 Å². The quantitative estimate of drug-likeness (QED) is 0.342. The van der Waals surface area contributed by atoms with Crippen LogP contribution in [0.5, 0.6) is 0 Å². The molecule has 0 unspecified atom stereocenters. The number of benzene rings is 1. The Hall–Kier alpha value is -1.65. The van der Waals surface area contributed by atoms with Crippen molar-refractivity contribution in [2.75, 3.05) is 13.7 Å². The average molecular weight is 221 g/mol. The predicted octanol–water partition coefficient (Wildman–Crippen LogP) is 1.44. The Morgan fingerprint density at radius 1 is 1.38 bits per heavy atom. The topological polar surface area (TPSA) is 47.6 Å². The number of rotatable bonds is 6. The highest BCUT2D eigenvalue weighted by molar-refractivity contribution is 5.81. The molecule has 86 valence electrons. The summed E-state index contributed by atoms with van der Waals surface area (Å²) >= 11 is 0. The maximum absolute atomic E-state index is 10.7. The van der Waals surface area contributed by atoms with Crippen molar-refractivity contribution < 1.29 is 14.4 Å². The van der Waals surface area contributed by atoms with Crippen LogP contribution in [0.1, 0.15) is 5.56 Å². The maximum Gasteiger partial charge on any atom is 0.330 e. The zero-order chi connectivity index (χ0) is 11.6. The second kappa shape index (κ2) is 7.62. The average Bonchev–Trinajstić information content (AvgIpc) is 2.34. The van der Waals surface area contributed by atoms with Crippen LogP contribution in [0.15, 0.2) is 42.5 Å². The van der Waals surface area contributed by atoms with Crippen molar-refractivity contribution >= 4 is 5.97 Å². The molecule has 0 aliphatic carbocycles. The SMILES string of the molecule is COC(=O)/C=C/CNOCc1ccccc1. The fourth-order valence-electron chi connectivity index (χ4n) is 1.04. The molecule has 0 aliphatic rings. The molecule has 1 N–H and O–H groups in total. The number of esters is 1. The molecule has 0 saturated carbocycles. The van der Waals surface area contributed by atoms with Gasteiger partial charge in [0.25, 0.3) is 0 Å². The molecular formula is C12H15NO3. The summed E-state index contributed by atoms with van der Waals surface area (Å²) in [5, 5.41) is 0. The molecule has 0 heterocycles. The Labute approximate surface area is 94.8 Å². The van der Waals surface area contributed by atoms with Crippen molar-refractivity contribution in [3.8, 4) is 0 Å². The first-order valence-electron chi connectivity index (χ1n) is 4.96. The summed E-state index contributed by atoms with van der Waals surface area (Å²) in [6.07, 6.45) is 2.98. The van der Waals surface area contributed by atoms with Gasteiger partial charge in [0, 0.05) is 12.6 Å². The molecule has 1 rings (SSSR count). The predicted molar refractivity (Wildman–Crippen MR) is 60.4 cm³/mol. The van der Waals surface area contributed by atoms with Crippen molar-refractivity contribution in [3.05, 3.63) is 48.0 Å². The fourth-order valence-corrected chi connectivity index (χ4v) is 1.04. The number of ether oxygens (including phenoxy) is 1. The first-order chi connectivity index (χ1) is 7.83. The lowest BCUT2D eigenvalue weighted by Crippen LogP contribution is -2.14. The van der Waals surface area contributed by atoms with Gasteiger partial charge < -0.3 is 4.74 Å². The van der Waals surface area contributed by atoms with E-state index in [1.807, 2.05) is 30.3 Å². The van der Waals surface area contributed by atoms with E-state index in [1.165, 1.54) is 13.2 Å². The summed E-state index contributed by atoms with van der Waals surface area (Å²) < 4.78 is 4.43. The second-order valence-corrected chi connectivity index (χ2v) is 3.05. The molecule has 0 atom stereocenters. The Kier molecular flexibility index (Phi) is 5.91. The largest absolute Gasteiger partial charge is 0.466 e. The van der Waals surface area contributed by atoms with E-state index < -0.39 is 0 Å². The van der Waals surface area contributed by atoms with Crippen molar-refractivity contribution in [1.29, 1.82) is 0 Å². The summed E-state index contributed by atoms with van der Waals surface area (Å²) in [5.41, 5.74) is 3.81. The lowest BCUT2D eigenvalue weighted by molar-refractivity contribution is -0.134. The van der Waals surface area contributed by atoms with E-state index in [0.717, 1.165) is 5.56 Å². The molecule has 0 spiro atoms. The molecule has 4 nitrogen and oxygen atoms in total. The molecule has 0 saturated heterocycles. The van der Waals surface area contributed by atoms with Crippen molar-refractivity contribution in [2.45, 2.75) is 6.61 Å². The number of carbonyl (C=O) groups is 1. The van der Waals surface area contributed by atoms with Crippen LogP contribution in [0.2, 0.25) is 0 Å². The van der Waals surface area contributed by atoms with Crippen molar-refractivity contribution in [2.24, 2.45) is 0 Å². The fraction of sp³-hybridized carbons (Fsp3) is 0.250. The molecule has 0 aromatic heterocycles. The number of carbonyl (C=O) groups excluding carboxylic acids is 1. The third-order valence-electron chi connectivity index (χ3n) is 1.84. The Bertz CT molecular complexity index is 335. The highest BCUT2D eigenvalue weighted by atomic mass is 16.6. The number of hydrogen-bond acceptors (Lipinski definition) is 4. The van der Waals surface area contributed by atoms with E-state index in [4.69, 9.17) is 4.84 Å². The monoisotopic (exact) mass is 221 g/mol. The van der Waals surface area contributed by atoms with E-state index in [0.29, 0.717) is 13.2 Å². The molecule has 0 amide bonds. The van der Waals surface area contributed by atoms with Gasteiger partial charge >= 0.3 is 5.97 Å². The van der Waals surface area contributed by atoms with Gasteiger partial charge in [0.05, 0.1) is 13.7 Å². The molecule has 1 aromatic rings. The van der Waals surface area contributed by atoms with Crippen LogP contribution in [0.25, 0.3) is 0 Å². The van der Waals surface area contributed by atoms with Gasteiger partial charge in [-0.25, -0.2) is 4.79 Å². The van der Waals surface area contributed by atoms with Crippen LogP contribution < -0.4 is 5.48 Å². The zero-order valence-electron chi connectivity index (χ0n) is 9.18. The number of hydroxylamine groups is 1. The highest BCUT2D eigenvalue weighted by Gasteiger charge is 1.91. The summed E-state index contributed by atoms with van der Waals surface area (Å²) in [6, 6.07) is 9.82. The highest BCUT2D eigenvalue weighted by Crippen LogP contribution is 1.98. The van der Waals surface area contributed by atoms with Crippen LogP contribution in [0.3, 0.4) is 0 Å². The standard InChI is InChI=1S/C12H15NO3/c1-15-12(14)8-5-9-13-16-10-11-6-3-2-4-7-11/h2-8,13H,9-10H2,1H3/b8-5+. The first-order valence-corrected chi connectivity index (χ1v) is 4.96. The lowest BCUT2D eigenvalue weighted by atomic mass is 10.2. The Morgan fingerprint density at radius 2 is 2.12 bits per heavy atom. The number of nitrogens with one attached hydrogen (secondary N) is 1. The third-order valence-corrected chi connectivity index (χ3v) is 1.84. The van der Waals surface area contributed by atoms with Gasteiger partial charge in [-0.05, 0) is 5.56 Å². The Balaban J connectivity index is 2.09. The minimum Gasteiger partial charge on any atom is -0.466 e. The van der Waals surface area contributed by atoms with E-state index in [-0.39, 0.29) is 5.97 Å². The summed E-state index contributed by atoms with van der Waals surface area (Å²) in [4.78, 5) is 15.9. The van der Waals surface area contributed by atoms with Gasteiger partial charge in [-0.1, -0.05) is 36.4 Å². The number of methoxy groups -OCH3 is 1. The molecule has 16 heavy (non-hydrogen) atoms. The van der Waals surface area contributed by atoms with Crippen molar-refractivity contribution in [3.63, 3.8) is 0 Å². The van der Waals surface area contributed by atoms with Gasteiger partial charge in [-0.3, -0.25) is 4.84 Å². The van der Waals surface area contributed by atoms with E-state index in [1.54, 1.807) is 6.08 Å². The van der Waals surface area contributed by atoms with Gasteiger partial charge in [0.1, 0.15) is 0 Å². The molecule has 1 aromatic carbocycles. The van der Waals surface area contributed by atoms with Crippen LogP contribution >= 0.6 is 0 Å². The van der Waals surface area contributed by atoms with Crippen LogP contribution in [0.4, 0.5) is 0 Å². The van der Waals surface area contributed by atoms with Crippen LogP contribution in [-0.4, -0.2) is 19.6 Å². The summed E-state index contributed by atoms with van der Waals surface area (Å²) in [5.74, 6) is -0.371. The lowest BCUT2D eigenvalue weighted by Gasteiger charge is -2.02. The van der Waals surface area contributed by atoms with E-state index >= 15 is 0 Å². The van der Waals surface area contributed by atoms with Gasteiger partial charge in [-0.2, -0.15) is 5.48 Å². The number of hydrogen-bond donors (Lipinski definition) is 1. The third kappa shape index (κ3) is 5.29. The van der Waals surface area contributed by atoms with Gasteiger partial charge in [0.2, 0.25) is 0 Å². The molecule has 0 fully saturated rings.